The largest absolute Gasteiger partial charge is 1.00 e. The van der Waals surface area contributed by atoms with Crippen LogP contribution in [0.3, 0.4) is 0 Å². The Morgan fingerprint density at radius 2 is 1.76 bits per heavy atom. The van der Waals surface area contributed by atoms with E-state index in [9.17, 15) is 9.50 Å². The summed E-state index contributed by atoms with van der Waals surface area (Å²) in [4.78, 5) is 0. The Kier molecular flexibility index (Phi) is 7.86. The predicted octanol–water partition coefficient (Wildman–Crippen LogP) is 3.13. The Labute approximate surface area is 231 Å². The monoisotopic (exact) mass is 540 g/mol. The van der Waals surface area contributed by atoms with E-state index >= 15 is 0 Å². The molecular weight excluding hydrogens is 503 g/mol. The van der Waals surface area contributed by atoms with E-state index in [-0.39, 0.29) is 30.2 Å². The zero-order valence-corrected chi connectivity index (χ0v) is 22.9. The third kappa shape index (κ3) is 5.11. The fraction of sp³-hybridized carbons (Fsp3) is 0.516. The Bertz CT molecular complexity index is 1220. The van der Waals surface area contributed by atoms with Crippen LogP contribution in [0.25, 0.3) is 0 Å². The van der Waals surface area contributed by atoms with Gasteiger partial charge in [0.1, 0.15) is 36.0 Å². The van der Waals surface area contributed by atoms with E-state index in [0.29, 0.717) is 17.2 Å². The third-order valence-electron chi connectivity index (χ3n) is 9.31. The van der Waals surface area contributed by atoms with Crippen LogP contribution in [-0.4, -0.2) is 40.5 Å². The number of nitrogens with zero attached hydrogens (tertiary/aromatic N) is 2. The second-order valence-corrected chi connectivity index (χ2v) is 11.7. The minimum Gasteiger partial charge on any atom is -1.00 e. The van der Waals surface area contributed by atoms with Crippen LogP contribution in [0.4, 0.5) is 4.39 Å². The minimum absolute atomic E-state index is 0. The number of ether oxygens (including phenoxy) is 1. The van der Waals surface area contributed by atoms with Gasteiger partial charge in [-0.05, 0) is 55.0 Å². The van der Waals surface area contributed by atoms with Crippen LogP contribution in [0.5, 0.6) is 5.75 Å². The molecule has 0 spiro atoms. The molecule has 204 valence electrons. The topological polar surface area (TPSA) is 55.5 Å². The van der Waals surface area contributed by atoms with Gasteiger partial charge < -0.3 is 31.3 Å². The quantitative estimate of drug-likeness (QED) is 0.468. The number of piperidine rings is 3. The predicted molar refractivity (Wildman–Crippen MR) is 139 cm³/mol. The fourth-order valence-corrected chi connectivity index (χ4v) is 7.15. The first-order valence-corrected chi connectivity index (χ1v) is 14.0. The summed E-state index contributed by atoms with van der Waals surface area (Å²) in [5, 5.41) is 16.7. The van der Waals surface area contributed by atoms with Crippen LogP contribution < -0.4 is 17.1 Å². The van der Waals surface area contributed by atoms with Crippen molar-refractivity contribution in [3.8, 4) is 5.75 Å². The van der Waals surface area contributed by atoms with Gasteiger partial charge in [0.15, 0.2) is 11.9 Å². The highest BCUT2D eigenvalue weighted by Crippen LogP contribution is 2.44. The summed E-state index contributed by atoms with van der Waals surface area (Å²) in [5.74, 6) is 2.05. The summed E-state index contributed by atoms with van der Waals surface area (Å²) in [7, 11) is 0. The molecule has 2 bridgehead atoms. The molecule has 4 fully saturated rings. The molecule has 7 heteroatoms. The Hall–Kier alpha value is -2.41. The van der Waals surface area contributed by atoms with Crippen molar-refractivity contribution < 1.29 is 35.6 Å². The highest BCUT2D eigenvalue weighted by Gasteiger charge is 2.48. The van der Waals surface area contributed by atoms with Crippen molar-refractivity contribution in [3.05, 3.63) is 83.0 Å². The molecule has 1 saturated carbocycles. The molecule has 1 aliphatic carbocycles. The summed E-state index contributed by atoms with van der Waals surface area (Å²) in [5.41, 5.74) is 1.02. The number of quaternary nitrogens is 1. The molecule has 5 nitrogen and oxygen atoms in total. The van der Waals surface area contributed by atoms with Crippen molar-refractivity contribution in [2.24, 2.45) is 11.8 Å². The molecule has 4 aliphatic rings. The van der Waals surface area contributed by atoms with Crippen LogP contribution in [-0.2, 0) is 12.1 Å². The molecule has 3 aliphatic heterocycles. The van der Waals surface area contributed by atoms with E-state index in [0.717, 1.165) is 86.3 Å². The Morgan fingerprint density at radius 3 is 2.47 bits per heavy atom. The molecule has 38 heavy (non-hydrogen) atoms. The zero-order valence-electron chi connectivity index (χ0n) is 22.1. The second kappa shape index (κ2) is 11.0. The first-order valence-electron chi connectivity index (χ1n) is 14.0. The van der Waals surface area contributed by atoms with Crippen LogP contribution in [0.1, 0.15) is 67.5 Å². The SMILES string of the molecule is Cc1cc(O[C@H]2C[N+]3(Cc4cc([C@](O)(c5ccccc5)C5CCCCC5)no4)CCC2CC3)ccc1F.[Cl-]. The minimum atomic E-state index is -1.13. The smallest absolute Gasteiger partial charge is 0.191 e. The number of benzene rings is 2. The van der Waals surface area contributed by atoms with E-state index in [4.69, 9.17) is 9.26 Å². The number of aryl methyl sites for hydroxylation is 1. The highest BCUT2D eigenvalue weighted by atomic mass is 35.5. The van der Waals surface area contributed by atoms with Gasteiger partial charge in [-0.3, -0.25) is 0 Å². The highest BCUT2D eigenvalue weighted by molar-refractivity contribution is 5.33. The lowest BCUT2D eigenvalue weighted by Crippen LogP contribution is -3.00. The number of rotatable bonds is 7. The van der Waals surface area contributed by atoms with Crippen molar-refractivity contribution in [3.63, 3.8) is 0 Å². The maximum atomic E-state index is 13.8. The van der Waals surface area contributed by atoms with Crippen molar-refractivity contribution in [1.82, 2.24) is 5.16 Å². The van der Waals surface area contributed by atoms with Gasteiger partial charge in [-0.15, -0.1) is 0 Å². The zero-order chi connectivity index (χ0) is 25.5. The van der Waals surface area contributed by atoms with Crippen molar-refractivity contribution in [1.29, 1.82) is 0 Å². The maximum Gasteiger partial charge on any atom is 0.191 e. The van der Waals surface area contributed by atoms with Crippen LogP contribution in [0.15, 0.2) is 59.1 Å². The van der Waals surface area contributed by atoms with Crippen LogP contribution in [0.2, 0.25) is 0 Å². The summed E-state index contributed by atoms with van der Waals surface area (Å²) in [6.07, 6.45) is 7.84. The Balaban J connectivity index is 0.00000294. The summed E-state index contributed by atoms with van der Waals surface area (Å²) in [6.45, 7) is 5.61. The van der Waals surface area contributed by atoms with Crippen LogP contribution >= 0.6 is 0 Å². The normalized spacial score (nSPS) is 26.9. The van der Waals surface area contributed by atoms with Crippen molar-refractivity contribution in [2.75, 3.05) is 19.6 Å². The van der Waals surface area contributed by atoms with Crippen molar-refractivity contribution in [2.45, 2.75) is 70.1 Å². The standard InChI is InChI=1S/C31H38FN2O3.ClH/c1-22-18-26(12-13-28(22)32)36-29-21-34(16-14-23(29)15-17-34)20-27-19-30(33-37-27)31(35,24-8-4-2-5-9-24)25-10-6-3-7-11-25;/h2,4-5,8-9,12-13,18-19,23,25,29,35H,3,6-7,10-11,14-17,20-21H2,1H3;1H/q+1;/p-1/t23?,29-,31-,34?;/m0./s1. The molecule has 2 aromatic carbocycles. The molecule has 0 unspecified atom stereocenters. The second-order valence-electron chi connectivity index (χ2n) is 11.7. The summed E-state index contributed by atoms with van der Waals surface area (Å²) in [6, 6.07) is 17.0. The summed E-state index contributed by atoms with van der Waals surface area (Å²) < 4.78 is 27.0. The lowest BCUT2D eigenvalue weighted by molar-refractivity contribution is -0.959. The van der Waals surface area contributed by atoms with Gasteiger partial charge in [0.25, 0.3) is 0 Å². The molecule has 0 radical (unpaired) electrons. The first-order chi connectivity index (χ1) is 18.0. The maximum absolute atomic E-state index is 13.8. The molecule has 3 saturated heterocycles. The molecule has 0 amide bonds. The number of halogens is 2. The average molecular weight is 541 g/mol. The number of fused-ring (bicyclic) bond motifs is 3. The molecule has 7 rings (SSSR count). The van der Waals surface area contributed by atoms with E-state index in [1.165, 1.54) is 12.5 Å². The number of aliphatic hydroxyl groups is 1. The molecule has 1 N–H and O–H groups in total. The van der Waals surface area contributed by atoms with E-state index in [1.807, 2.05) is 36.4 Å². The van der Waals surface area contributed by atoms with Gasteiger partial charge in [0.2, 0.25) is 0 Å². The lowest BCUT2D eigenvalue weighted by Gasteiger charge is -2.51. The first kappa shape index (κ1) is 27.2. The van der Waals surface area contributed by atoms with Gasteiger partial charge >= 0.3 is 0 Å². The number of aromatic nitrogens is 1. The third-order valence-corrected chi connectivity index (χ3v) is 9.31. The lowest BCUT2D eigenvalue weighted by atomic mass is 9.71. The molecule has 2 atom stereocenters. The molecular formula is C31H38ClFN2O3. The van der Waals surface area contributed by atoms with E-state index in [1.54, 1.807) is 19.1 Å². The van der Waals surface area contributed by atoms with Crippen molar-refractivity contribution >= 4 is 0 Å². The van der Waals surface area contributed by atoms with Gasteiger partial charge in [-0.2, -0.15) is 0 Å². The Morgan fingerprint density at radius 1 is 1.03 bits per heavy atom. The molecule has 3 aromatic rings. The average Bonchev–Trinajstić information content (AvgIpc) is 3.40. The summed E-state index contributed by atoms with van der Waals surface area (Å²) >= 11 is 0. The van der Waals surface area contributed by atoms with Gasteiger partial charge in [-0.1, -0.05) is 54.8 Å². The van der Waals surface area contributed by atoms with Gasteiger partial charge in [-0.25, -0.2) is 4.39 Å². The van der Waals surface area contributed by atoms with E-state index < -0.39 is 5.60 Å². The molecule has 4 heterocycles. The molecule has 1 aromatic heterocycles. The van der Waals surface area contributed by atoms with Gasteiger partial charge in [0, 0.05) is 24.8 Å². The van der Waals surface area contributed by atoms with E-state index in [2.05, 4.69) is 5.16 Å². The number of hydrogen-bond donors (Lipinski definition) is 1. The fourth-order valence-electron chi connectivity index (χ4n) is 7.15. The number of hydrogen-bond acceptors (Lipinski definition) is 4. The van der Waals surface area contributed by atoms with Crippen LogP contribution in [0, 0.1) is 24.6 Å². The van der Waals surface area contributed by atoms with Gasteiger partial charge in [0.05, 0.1) is 13.1 Å².